The predicted molar refractivity (Wildman–Crippen MR) is 89.8 cm³/mol. The number of nitrogens with zero attached hydrogens (tertiary/aromatic N) is 3. The molecule has 0 aromatic carbocycles. The van der Waals surface area contributed by atoms with Crippen LogP contribution in [-0.2, 0) is 12.3 Å². The van der Waals surface area contributed by atoms with Crippen LogP contribution in [0.25, 0.3) is 0 Å². The summed E-state index contributed by atoms with van der Waals surface area (Å²) >= 11 is 3.58. The molecule has 118 valence electrons. The van der Waals surface area contributed by atoms with Crippen LogP contribution in [-0.4, -0.2) is 48.2 Å². The molecule has 1 aromatic heterocycles. The van der Waals surface area contributed by atoms with Crippen LogP contribution in [0.5, 0.6) is 0 Å². The average molecular weight is 330 g/mol. The lowest BCUT2D eigenvalue weighted by atomic mass is 10.3. The highest BCUT2D eigenvalue weighted by Gasteiger charge is 2.05. The third kappa shape index (κ3) is 7.35. The Morgan fingerprint density at radius 2 is 2.24 bits per heavy atom. The van der Waals surface area contributed by atoms with Crippen molar-refractivity contribution >= 4 is 23.1 Å². The van der Waals surface area contributed by atoms with Gasteiger partial charge >= 0.3 is 0 Å². The van der Waals surface area contributed by atoms with Gasteiger partial charge in [-0.15, -0.1) is 11.3 Å². The first-order valence-corrected chi connectivity index (χ1v) is 8.52. The minimum absolute atomic E-state index is 0.185. The van der Waals surface area contributed by atoms with Gasteiger partial charge in [-0.3, -0.25) is 10.1 Å². The zero-order chi connectivity index (χ0) is 15.8. The van der Waals surface area contributed by atoms with Gasteiger partial charge in [0.05, 0.1) is 4.92 Å². The van der Waals surface area contributed by atoms with Crippen molar-refractivity contribution in [1.82, 2.24) is 9.80 Å². The molecule has 0 radical (unpaired) electrons. The van der Waals surface area contributed by atoms with Gasteiger partial charge in [0.2, 0.25) is 0 Å². The number of nitro groups is 1. The SMILES string of the molecule is CN(C)Cc1csc(CSCCN(C)C(N)=C[N+](=O)[O-])c1. The van der Waals surface area contributed by atoms with Gasteiger partial charge in [-0.2, -0.15) is 11.8 Å². The monoisotopic (exact) mass is 330 g/mol. The van der Waals surface area contributed by atoms with E-state index in [9.17, 15) is 10.1 Å². The van der Waals surface area contributed by atoms with Crippen molar-refractivity contribution in [3.8, 4) is 0 Å². The molecule has 21 heavy (non-hydrogen) atoms. The van der Waals surface area contributed by atoms with Crippen molar-refractivity contribution < 1.29 is 4.92 Å². The summed E-state index contributed by atoms with van der Waals surface area (Å²) in [6.45, 7) is 1.66. The minimum Gasteiger partial charge on any atom is -0.380 e. The van der Waals surface area contributed by atoms with Crippen LogP contribution >= 0.6 is 23.1 Å². The van der Waals surface area contributed by atoms with Crippen molar-refractivity contribution in [3.05, 3.63) is 44.0 Å². The summed E-state index contributed by atoms with van der Waals surface area (Å²) in [6, 6.07) is 2.24. The van der Waals surface area contributed by atoms with Gasteiger partial charge in [0.1, 0.15) is 0 Å². The maximum atomic E-state index is 10.3. The first-order valence-electron chi connectivity index (χ1n) is 6.49. The molecule has 1 rings (SSSR count). The lowest BCUT2D eigenvalue weighted by Crippen LogP contribution is -2.26. The van der Waals surface area contributed by atoms with Crippen molar-refractivity contribution in [2.75, 3.05) is 33.4 Å². The van der Waals surface area contributed by atoms with E-state index >= 15 is 0 Å². The number of hydrogen-bond acceptors (Lipinski definition) is 7. The van der Waals surface area contributed by atoms with Crippen LogP contribution in [0.2, 0.25) is 0 Å². The van der Waals surface area contributed by atoms with E-state index in [2.05, 4.69) is 30.4 Å². The van der Waals surface area contributed by atoms with Crippen molar-refractivity contribution in [1.29, 1.82) is 0 Å². The molecular formula is C13H22N4O2S2. The fraction of sp³-hybridized carbons (Fsp3) is 0.538. The van der Waals surface area contributed by atoms with Gasteiger partial charge < -0.3 is 15.5 Å². The summed E-state index contributed by atoms with van der Waals surface area (Å²) in [5, 5.41) is 12.5. The zero-order valence-corrected chi connectivity index (χ0v) is 14.2. The molecule has 0 atom stereocenters. The topological polar surface area (TPSA) is 75.6 Å². The van der Waals surface area contributed by atoms with Crippen LogP contribution in [0.15, 0.2) is 23.5 Å². The predicted octanol–water partition coefficient (Wildman–Crippen LogP) is 2.01. The Bertz CT molecular complexity index is 488. The summed E-state index contributed by atoms with van der Waals surface area (Å²) in [5.41, 5.74) is 6.94. The summed E-state index contributed by atoms with van der Waals surface area (Å²) in [4.78, 5) is 15.0. The van der Waals surface area contributed by atoms with E-state index in [4.69, 9.17) is 5.73 Å². The van der Waals surface area contributed by atoms with Crippen molar-refractivity contribution in [3.63, 3.8) is 0 Å². The fourth-order valence-electron chi connectivity index (χ4n) is 1.66. The van der Waals surface area contributed by atoms with E-state index in [1.165, 1.54) is 10.4 Å². The van der Waals surface area contributed by atoms with Gasteiger partial charge in [0, 0.05) is 36.5 Å². The van der Waals surface area contributed by atoms with E-state index < -0.39 is 4.92 Å². The second-order valence-electron chi connectivity index (χ2n) is 4.97. The van der Waals surface area contributed by atoms with E-state index in [1.807, 2.05) is 0 Å². The Labute approximate surface area is 133 Å². The minimum atomic E-state index is -0.531. The fourth-order valence-corrected chi connectivity index (χ4v) is 3.68. The molecule has 0 saturated carbocycles. The second kappa shape index (κ2) is 8.91. The van der Waals surface area contributed by atoms with Crippen molar-refractivity contribution in [2.45, 2.75) is 12.3 Å². The molecule has 6 nitrogen and oxygen atoms in total. The molecule has 0 fully saturated rings. The molecule has 0 amide bonds. The first-order chi connectivity index (χ1) is 9.88. The quantitative estimate of drug-likeness (QED) is 0.424. The largest absolute Gasteiger partial charge is 0.380 e. The standard InChI is InChI=1S/C13H22N4O2S2/c1-15(2)7-11-6-12(21-9-11)10-20-5-4-16(3)13(14)8-17(18)19/h6,8-9H,4-5,7,10,14H2,1-3H3. The van der Waals surface area contributed by atoms with Gasteiger partial charge in [-0.05, 0) is 31.1 Å². The van der Waals surface area contributed by atoms with E-state index in [0.29, 0.717) is 6.54 Å². The Morgan fingerprint density at radius 3 is 2.86 bits per heavy atom. The molecule has 0 spiro atoms. The molecule has 0 aliphatic rings. The lowest BCUT2D eigenvalue weighted by Gasteiger charge is -2.16. The highest BCUT2D eigenvalue weighted by Crippen LogP contribution is 2.21. The van der Waals surface area contributed by atoms with Gasteiger partial charge in [0.25, 0.3) is 6.20 Å². The van der Waals surface area contributed by atoms with Crippen LogP contribution < -0.4 is 5.73 Å². The molecule has 1 heterocycles. The molecule has 0 bridgehead atoms. The second-order valence-corrected chi connectivity index (χ2v) is 7.07. The number of thioether (sulfide) groups is 1. The summed E-state index contributed by atoms with van der Waals surface area (Å²) in [7, 11) is 5.88. The van der Waals surface area contributed by atoms with E-state index in [0.717, 1.165) is 24.3 Å². The maximum Gasteiger partial charge on any atom is 0.274 e. The van der Waals surface area contributed by atoms with Crippen molar-refractivity contribution in [2.24, 2.45) is 5.73 Å². The van der Waals surface area contributed by atoms with E-state index in [-0.39, 0.29) is 5.82 Å². The molecule has 8 heteroatoms. The molecule has 1 aromatic rings. The molecule has 2 N–H and O–H groups in total. The van der Waals surface area contributed by atoms with Gasteiger partial charge in [-0.25, -0.2) is 0 Å². The average Bonchev–Trinajstić information content (AvgIpc) is 2.80. The summed E-state index contributed by atoms with van der Waals surface area (Å²) in [6.07, 6.45) is 0.831. The third-order valence-electron chi connectivity index (χ3n) is 2.70. The number of rotatable bonds is 9. The number of thiophene rings is 1. The summed E-state index contributed by atoms with van der Waals surface area (Å²) < 4.78 is 0. The number of nitrogens with two attached hydrogens (primary N) is 1. The van der Waals surface area contributed by atoms with E-state index in [1.54, 1.807) is 35.0 Å². The Kier molecular flexibility index (Phi) is 7.55. The molecular weight excluding hydrogens is 308 g/mol. The number of hydrogen-bond donors (Lipinski definition) is 1. The van der Waals surface area contributed by atoms with Gasteiger partial charge in [-0.1, -0.05) is 0 Å². The zero-order valence-electron chi connectivity index (χ0n) is 12.6. The molecule has 0 saturated heterocycles. The lowest BCUT2D eigenvalue weighted by molar-refractivity contribution is -0.404. The summed E-state index contributed by atoms with van der Waals surface area (Å²) in [5.74, 6) is 2.03. The Hall–Kier alpha value is -1.25. The van der Waals surface area contributed by atoms with Crippen LogP contribution in [0.1, 0.15) is 10.4 Å². The highest BCUT2D eigenvalue weighted by molar-refractivity contribution is 7.98. The van der Waals surface area contributed by atoms with Crippen LogP contribution in [0.4, 0.5) is 0 Å². The smallest absolute Gasteiger partial charge is 0.274 e. The molecule has 0 aliphatic heterocycles. The Morgan fingerprint density at radius 1 is 1.52 bits per heavy atom. The Balaban J connectivity index is 2.28. The molecule has 0 aliphatic carbocycles. The third-order valence-corrected chi connectivity index (χ3v) is 4.86. The normalized spacial score (nSPS) is 11.9. The molecule has 0 unspecified atom stereocenters. The first kappa shape index (κ1) is 17.8. The van der Waals surface area contributed by atoms with Gasteiger partial charge in [0.15, 0.2) is 5.82 Å². The maximum absolute atomic E-state index is 10.3. The van der Waals surface area contributed by atoms with Crippen LogP contribution in [0, 0.1) is 10.1 Å². The highest BCUT2D eigenvalue weighted by atomic mass is 32.2. The van der Waals surface area contributed by atoms with Crippen LogP contribution in [0.3, 0.4) is 0 Å².